The van der Waals surface area contributed by atoms with Gasteiger partial charge in [-0.25, -0.2) is 17.9 Å². The molecule has 0 aromatic heterocycles. The quantitative estimate of drug-likeness (QED) is 0.0270. The number of carbonyl (C=O) groups excluding carboxylic acids is 3. The van der Waals surface area contributed by atoms with E-state index in [1.54, 1.807) is 0 Å². The topological polar surface area (TPSA) is 323 Å². The first-order chi connectivity index (χ1) is 24.2. The SMILES string of the molecule is Nc1ccc2c(-c3ccc(C(=O)NCCN4C(=O)C=CC4=O)cc3C(=O)O)c3ccc(=[NH2+])c(S(=O)(=O)NCCCS(=O)(=O)O)c-3oc2c1S(=O)(=O)O. The summed E-state index contributed by atoms with van der Waals surface area (Å²) >= 11 is 0. The Balaban J connectivity index is 1.69. The number of anilines is 1. The first-order valence-corrected chi connectivity index (χ1v) is 19.3. The molecule has 0 spiro atoms. The van der Waals surface area contributed by atoms with Crippen molar-refractivity contribution < 1.29 is 68.5 Å². The predicted octanol–water partition coefficient (Wildman–Crippen LogP) is -1.40. The number of fused-ring (bicyclic) bond motifs is 2. The molecule has 0 unspecified atom stereocenters. The Kier molecular flexibility index (Phi) is 10.1. The van der Waals surface area contributed by atoms with E-state index in [9.17, 15) is 54.1 Å². The molecule has 19 nitrogen and oxygen atoms in total. The fourth-order valence-electron chi connectivity index (χ4n) is 5.48. The van der Waals surface area contributed by atoms with Crippen LogP contribution in [0.2, 0.25) is 0 Å². The number of carbonyl (C=O) groups is 4. The molecule has 3 amide bonds. The third-order valence-electron chi connectivity index (χ3n) is 7.73. The van der Waals surface area contributed by atoms with Crippen LogP contribution >= 0.6 is 0 Å². The normalized spacial score (nSPS) is 13.7. The molecule has 0 saturated heterocycles. The number of hydrogen-bond donors (Lipinski definition) is 7. The van der Waals surface area contributed by atoms with Crippen LogP contribution in [0, 0.1) is 0 Å². The molecule has 3 aliphatic rings. The van der Waals surface area contributed by atoms with Crippen LogP contribution in [-0.4, -0.2) is 93.4 Å². The van der Waals surface area contributed by atoms with E-state index in [-0.39, 0.29) is 47.2 Å². The van der Waals surface area contributed by atoms with Gasteiger partial charge in [-0.3, -0.25) is 33.8 Å². The van der Waals surface area contributed by atoms with Crippen LogP contribution in [0.1, 0.15) is 27.1 Å². The van der Waals surface area contributed by atoms with Crippen LogP contribution in [0.4, 0.5) is 5.69 Å². The van der Waals surface area contributed by atoms with Gasteiger partial charge < -0.3 is 20.6 Å². The van der Waals surface area contributed by atoms with Crippen molar-refractivity contribution in [2.24, 2.45) is 0 Å². The lowest BCUT2D eigenvalue weighted by molar-refractivity contribution is -0.176. The van der Waals surface area contributed by atoms with E-state index in [4.69, 9.17) is 20.1 Å². The van der Waals surface area contributed by atoms with Gasteiger partial charge in [0.15, 0.2) is 21.1 Å². The summed E-state index contributed by atoms with van der Waals surface area (Å²) in [5.41, 5.74) is 3.48. The van der Waals surface area contributed by atoms with Gasteiger partial charge in [-0.1, -0.05) is 6.07 Å². The van der Waals surface area contributed by atoms with Gasteiger partial charge in [0.1, 0.15) is 0 Å². The minimum Gasteiger partial charge on any atom is -0.478 e. The molecule has 9 N–H and O–H groups in total. The van der Waals surface area contributed by atoms with Crippen LogP contribution in [0.5, 0.6) is 0 Å². The third kappa shape index (κ3) is 7.56. The maximum absolute atomic E-state index is 13.6. The van der Waals surface area contributed by atoms with Crippen molar-refractivity contribution in [1.29, 1.82) is 0 Å². The summed E-state index contributed by atoms with van der Waals surface area (Å²) in [5, 5.41) is 18.2. The zero-order valence-corrected chi connectivity index (χ0v) is 28.8. The number of nitrogens with one attached hydrogen (secondary N) is 2. The molecule has 2 heterocycles. The number of nitrogen functional groups attached to an aromatic ring is 1. The number of imide groups is 1. The minimum absolute atomic E-state index is 0.140. The summed E-state index contributed by atoms with van der Waals surface area (Å²) in [6.07, 6.45) is 1.76. The van der Waals surface area contributed by atoms with Crippen molar-refractivity contribution in [3.8, 4) is 22.5 Å². The standard InChI is InChI=1S/C30H27N5O14S3/c31-20-6-4-17-24(16-3-2-15(14-19(16)30(39)40)29(38)33-11-12-35-22(36)8-9-23(35)37)18-5-7-21(32)28(52(46,47)48)26(18)49-25(17)27(20)51(44,45)34-10-1-13-50(41,42)43/h2-9,14,31,34H,1,10-13,32H2,(H,33,38)(H,39,40)(H,41,42,43)(H,46,47,48)/p+1. The van der Waals surface area contributed by atoms with Crippen LogP contribution in [0.15, 0.2) is 68.8 Å². The van der Waals surface area contributed by atoms with Crippen LogP contribution in [0.3, 0.4) is 0 Å². The number of nitrogens with zero attached hydrogens (tertiary/aromatic N) is 1. The minimum atomic E-state index is -5.20. The third-order valence-corrected chi connectivity index (χ3v) is 11.0. The summed E-state index contributed by atoms with van der Waals surface area (Å²) in [7, 11) is -14.4. The summed E-state index contributed by atoms with van der Waals surface area (Å²) < 4.78 is 102. The molecule has 22 heteroatoms. The Morgan fingerprint density at radius 2 is 1.54 bits per heavy atom. The second-order valence-corrected chi connectivity index (χ2v) is 15.8. The highest BCUT2D eigenvalue weighted by Crippen LogP contribution is 2.45. The van der Waals surface area contributed by atoms with Crippen molar-refractivity contribution >= 4 is 70.6 Å². The molecule has 0 bridgehead atoms. The average Bonchev–Trinajstić information content (AvgIpc) is 3.36. The number of sulfonamides is 1. The van der Waals surface area contributed by atoms with E-state index >= 15 is 0 Å². The molecule has 274 valence electrons. The fraction of sp³-hybridized carbons (Fsp3) is 0.167. The number of aromatic carboxylic acids is 1. The number of amides is 3. The second kappa shape index (κ2) is 13.9. The van der Waals surface area contributed by atoms with E-state index in [1.807, 2.05) is 0 Å². The van der Waals surface area contributed by atoms with E-state index in [0.717, 1.165) is 35.3 Å². The van der Waals surface area contributed by atoms with Crippen molar-refractivity contribution in [2.45, 2.75) is 16.2 Å². The lowest BCUT2D eigenvalue weighted by Gasteiger charge is -2.20. The number of hydrogen-bond acceptors (Lipinski definition) is 12. The van der Waals surface area contributed by atoms with Gasteiger partial charge >= 0.3 is 5.97 Å². The van der Waals surface area contributed by atoms with Gasteiger partial charge in [-0.2, -0.15) is 16.8 Å². The Morgan fingerprint density at radius 3 is 2.15 bits per heavy atom. The van der Waals surface area contributed by atoms with Crippen molar-refractivity contribution in [1.82, 2.24) is 14.9 Å². The summed E-state index contributed by atoms with van der Waals surface area (Å²) in [4.78, 5) is 48.4. The molecule has 2 aromatic carbocycles. The van der Waals surface area contributed by atoms with Gasteiger partial charge in [-0.15, -0.1) is 0 Å². The first-order valence-electron chi connectivity index (χ1n) is 14.7. The zero-order chi connectivity index (χ0) is 38.3. The number of rotatable bonds is 13. The van der Waals surface area contributed by atoms with E-state index in [0.29, 0.717) is 0 Å². The maximum Gasteiger partial charge on any atom is 0.336 e. The molecule has 0 saturated carbocycles. The van der Waals surface area contributed by atoms with Crippen LogP contribution < -0.4 is 26.5 Å². The van der Waals surface area contributed by atoms with E-state index < -0.39 is 104 Å². The van der Waals surface area contributed by atoms with Gasteiger partial charge in [0.25, 0.3) is 48.0 Å². The molecular formula is C30H28N5O14S3+. The molecule has 0 radical (unpaired) electrons. The fourth-order valence-corrected chi connectivity index (χ4v) is 8.07. The largest absolute Gasteiger partial charge is 0.478 e. The molecule has 52 heavy (non-hydrogen) atoms. The van der Waals surface area contributed by atoms with Crippen molar-refractivity contribution in [2.75, 3.05) is 31.1 Å². The van der Waals surface area contributed by atoms with Gasteiger partial charge in [-0.05, 0) is 42.3 Å². The monoisotopic (exact) mass is 778 g/mol. The Bertz CT molecular complexity index is 2580. The number of carboxylic acid groups (broad SMARTS) is 1. The Labute approximate surface area is 294 Å². The van der Waals surface area contributed by atoms with E-state index in [2.05, 4.69) is 10.0 Å². The molecule has 2 aromatic rings. The van der Waals surface area contributed by atoms with Crippen molar-refractivity contribution in [3.63, 3.8) is 0 Å². The summed E-state index contributed by atoms with van der Waals surface area (Å²) in [5.74, 6) is -4.94. The number of nitrogens with two attached hydrogens (primary N) is 2. The lowest BCUT2D eigenvalue weighted by atomic mass is 9.89. The van der Waals surface area contributed by atoms with Gasteiger partial charge in [0.2, 0.25) is 5.36 Å². The Morgan fingerprint density at radius 1 is 0.885 bits per heavy atom. The molecule has 5 rings (SSSR count). The molecule has 0 atom stereocenters. The highest BCUT2D eigenvalue weighted by atomic mass is 32.2. The maximum atomic E-state index is 13.6. The zero-order valence-electron chi connectivity index (χ0n) is 26.4. The van der Waals surface area contributed by atoms with Crippen molar-refractivity contribution in [3.05, 3.63) is 71.1 Å². The van der Waals surface area contributed by atoms with Gasteiger partial charge in [0.05, 0.1) is 17.0 Å². The van der Waals surface area contributed by atoms with Crippen LogP contribution in [-0.2, 0) is 39.8 Å². The average molecular weight is 779 g/mol. The van der Waals surface area contributed by atoms with E-state index in [1.165, 1.54) is 24.3 Å². The Hall–Kier alpha value is -5.52. The molecule has 1 aliphatic carbocycles. The summed E-state index contributed by atoms with van der Waals surface area (Å²) in [6.45, 7) is -0.870. The molecule has 2 aliphatic heterocycles. The smallest absolute Gasteiger partial charge is 0.336 e. The highest BCUT2D eigenvalue weighted by molar-refractivity contribution is 7.89. The number of benzene rings is 3. The lowest BCUT2D eigenvalue weighted by Crippen LogP contribution is -2.49. The molecular weight excluding hydrogens is 751 g/mol. The first kappa shape index (κ1) is 37.7. The molecule has 0 fully saturated rings. The van der Waals surface area contributed by atoms with Gasteiger partial charge in [0, 0.05) is 59.9 Å². The number of carboxylic acids is 1. The summed E-state index contributed by atoms with van der Waals surface area (Å²) in [6, 6.07) is 8.08. The highest BCUT2D eigenvalue weighted by Gasteiger charge is 2.34. The second-order valence-electron chi connectivity index (χ2n) is 11.2. The predicted molar refractivity (Wildman–Crippen MR) is 179 cm³/mol. The van der Waals surface area contributed by atoms with Crippen LogP contribution in [0.25, 0.3) is 33.4 Å².